The molecule has 0 aliphatic carbocycles. The lowest BCUT2D eigenvalue weighted by Gasteiger charge is -2.06. The van der Waals surface area contributed by atoms with E-state index in [1.165, 1.54) is 19.4 Å². The number of aliphatic imine (C=N–C) groups is 1. The molecule has 0 spiro atoms. The van der Waals surface area contributed by atoms with Crippen LogP contribution in [0, 0.1) is 0 Å². The third-order valence-electron chi connectivity index (χ3n) is 2.78. The number of hydrogen-bond donors (Lipinski definition) is 2. The van der Waals surface area contributed by atoms with Crippen molar-refractivity contribution in [1.82, 2.24) is 0 Å². The SMILES string of the molecule is COc1cccc(CN=Cc2cc(Cl)ccc2O)c1O. The summed E-state index contributed by atoms with van der Waals surface area (Å²) in [5, 5.41) is 20.1. The summed E-state index contributed by atoms with van der Waals surface area (Å²) in [6, 6.07) is 9.93. The van der Waals surface area contributed by atoms with Gasteiger partial charge in [0.2, 0.25) is 0 Å². The lowest BCUT2D eigenvalue weighted by molar-refractivity contribution is 0.371. The number of nitrogens with zero attached hydrogens (tertiary/aromatic N) is 1. The standard InChI is InChI=1S/C15H14ClNO3/c1-20-14-4-2-3-10(15(14)19)8-17-9-11-7-12(16)5-6-13(11)18/h2-7,9,18-19H,8H2,1H3. The van der Waals surface area contributed by atoms with Crippen molar-refractivity contribution < 1.29 is 14.9 Å². The average molecular weight is 292 g/mol. The van der Waals surface area contributed by atoms with Crippen molar-refractivity contribution in [3.8, 4) is 17.2 Å². The zero-order valence-corrected chi connectivity index (χ0v) is 11.6. The van der Waals surface area contributed by atoms with E-state index in [-0.39, 0.29) is 18.0 Å². The minimum absolute atomic E-state index is 0.0717. The van der Waals surface area contributed by atoms with Crippen molar-refractivity contribution in [3.63, 3.8) is 0 Å². The second-order valence-corrected chi connectivity index (χ2v) is 4.58. The maximum absolute atomic E-state index is 9.92. The number of ether oxygens (including phenoxy) is 1. The quantitative estimate of drug-likeness (QED) is 0.849. The summed E-state index contributed by atoms with van der Waals surface area (Å²) in [6.07, 6.45) is 1.51. The summed E-state index contributed by atoms with van der Waals surface area (Å²) in [6.45, 7) is 0.273. The highest BCUT2D eigenvalue weighted by Gasteiger charge is 2.06. The second kappa shape index (κ2) is 6.30. The molecule has 0 saturated carbocycles. The van der Waals surface area contributed by atoms with Crippen LogP contribution >= 0.6 is 11.6 Å². The maximum atomic E-state index is 9.92. The molecule has 0 aromatic heterocycles. The number of halogens is 1. The number of phenols is 2. The number of hydrogen-bond acceptors (Lipinski definition) is 4. The molecule has 2 rings (SSSR count). The van der Waals surface area contributed by atoms with Gasteiger partial charge >= 0.3 is 0 Å². The van der Waals surface area contributed by atoms with Crippen molar-refractivity contribution in [3.05, 3.63) is 52.5 Å². The van der Waals surface area contributed by atoms with Gasteiger partial charge in [-0.25, -0.2) is 0 Å². The Kier molecular flexibility index (Phi) is 4.48. The Morgan fingerprint density at radius 1 is 1.25 bits per heavy atom. The van der Waals surface area contributed by atoms with Gasteiger partial charge in [-0.05, 0) is 24.3 Å². The zero-order valence-electron chi connectivity index (χ0n) is 10.9. The van der Waals surface area contributed by atoms with E-state index in [2.05, 4.69) is 4.99 Å². The summed E-state index contributed by atoms with van der Waals surface area (Å²) in [4.78, 5) is 4.19. The first-order valence-electron chi connectivity index (χ1n) is 5.95. The van der Waals surface area contributed by atoms with Crippen LogP contribution in [0.3, 0.4) is 0 Å². The molecule has 0 heterocycles. The van der Waals surface area contributed by atoms with E-state index in [4.69, 9.17) is 16.3 Å². The molecule has 0 radical (unpaired) electrons. The first-order valence-corrected chi connectivity index (χ1v) is 6.33. The minimum Gasteiger partial charge on any atom is -0.507 e. The second-order valence-electron chi connectivity index (χ2n) is 4.14. The molecular weight excluding hydrogens is 278 g/mol. The summed E-state index contributed by atoms with van der Waals surface area (Å²) in [7, 11) is 1.49. The summed E-state index contributed by atoms with van der Waals surface area (Å²) < 4.78 is 5.03. The van der Waals surface area contributed by atoms with Crippen molar-refractivity contribution >= 4 is 17.8 Å². The Balaban J connectivity index is 2.16. The van der Waals surface area contributed by atoms with E-state index in [1.807, 2.05) is 0 Å². The smallest absolute Gasteiger partial charge is 0.162 e. The zero-order chi connectivity index (χ0) is 14.5. The number of rotatable bonds is 4. The molecule has 0 amide bonds. The molecule has 0 aliphatic heterocycles. The van der Waals surface area contributed by atoms with Crippen LogP contribution in [0.4, 0.5) is 0 Å². The maximum Gasteiger partial charge on any atom is 0.162 e. The molecule has 0 aliphatic rings. The molecule has 0 atom stereocenters. The van der Waals surface area contributed by atoms with Crippen molar-refractivity contribution in [2.45, 2.75) is 6.54 Å². The van der Waals surface area contributed by atoms with Gasteiger partial charge in [-0.2, -0.15) is 0 Å². The molecule has 0 unspecified atom stereocenters. The van der Waals surface area contributed by atoms with E-state index in [0.29, 0.717) is 21.9 Å². The first kappa shape index (κ1) is 14.2. The first-order chi connectivity index (χ1) is 9.61. The average Bonchev–Trinajstić information content (AvgIpc) is 2.44. The molecule has 5 heteroatoms. The third-order valence-corrected chi connectivity index (χ3v) is 3.02. The van der Waals surface area contributed by atoms with Crippen LogP contribution in [0.5, 0.6) is 17.2 Å². The van der Waals surface area contributed by atoms with Crippen LogP contribution in [-0.2, 0) is 6.54 Å². The Bertz CT molecular complexity index is 641. The summed E-state index contributed by atoms with van der Waals surface area (Å²) in [5.41, 5.74) is 1.17. The molecule has 2 aromatic rings. The molecule has 4 nitrogen and oxygen atoms in total. The van der Waals surface area contributed by atoms with E-state index in [0.717, 1.165) is 0 Å². The van der Waals surface area contributed by atoms with Crippen molar-refractivity contribution in [2.75, 3.05) is 7.11 Å². The van der Waals surface area contributed by atoms with Crippen molar-refractivity contribution in [1.29, 1.82) is 0 Å². The molecular formula is C15H14ClNO3. The summed E-state index contributed by atoms with van der Waals surface area (Å²) in [5.74, 6) is 0.582. The highest BCUT2D eigenvalue weighted by molar-refractivity contribution is 6.30. The summed E-state index contributed by atoms with van der Waals surface area (Å²) >= 11 is 5.85. The van der Waals surface area contributed by atoms with E-state index in [9.17, 15) is 10.2 Å². The topological polar surface area (TPSA) is 62.0 Å². The lowest BCUT2D eigenvalue weighted by atomic mass is 10.2. The Hall–Kier alpha value is -2.20. The van der Waals surface area contributed by atoms with Crippen LogP contribution in [0.25, 0.3) is 0 Å². The van der Waals surface area contributed by atoms with Crippen molar-refractivity contribution in [2.24, 2.45) is 4.99 Å². The highest BCUT2D eigenvalue weighted by atomic mass is 35.5. The van der Waals surface area contributed by atoms with Gasteiger partial charge in [0.1, 0.15) is 5.75 Å². The fourth-order valence-corrected chi connectivity index (χ4v) is 1.91. The number of benzene rings is 2. The van der Waals surface area contributed by atoms with Crippen LogP contribution in [0.1, 0.15) is 11.1 Å². The number of methoxy groups -OCH3 is 1. The van der Waals surface area contributed by atoms with Gasteiger partial charge in [0.15, 0.2) is 11.5 Å². The van der Waals surface area contributed by atoms with Crippen LogP contribution < -0.4 is 4.74 Å². The van der Waals surface area contributed by atoms with Crippen LogP contribution in [-0.4, -0.2) is 23.5 Å². The van der Waals surface area contributed by atoms with Gasteiger partial charge in [-0.1, -0.05) is 23.7 Å². The fraction of sp³-hybridized carbons (Fsp3) is 0.133. The van der Waals surface area contributed by atoms with Gasteiger partial charge in [0.05, 0.1) is 13.7 Å². The van der Waals surface area contributed by atoms with Crippen LogP contribution in [0.2, 0.25) is 5.02 Å². The van der Waals surface area contributed by atoms with Gasteiger partial charge < -0.3 is 14.9 Å². The molecule has 2 N–H and O–H groups in total. The van der Waals surface area contributed by atoms with Crippen LogP contribution in [0.15, 0.2) is 41.4 Å². The lowest BCUT2D eigenvalue weighted by Crippen LogP contribution is -1.89. The molecule has 0 saturated heterocycles. The van der Waals surface area contributed by atoms with E-state index in [1.54, 1.807) is 30.3 Å². The van der Waals surface area contributed by atoms with Gasteiger partial charge in [0, 0.05) is 22.4 Å². The molecule has 2 aromatic carbocycles. The third kappa shape index (κ3) is 3.22. The van der Waals surface area contributed by atoms with E-state index >= 15 is 0 Å². The van der Waals surface area contributed by atoms with Gasteiger partial charge in [-0.3, -0.25) is 4.99 Å². The Morgan fingerprint density at radius 3 is 2.80 bits per heavy atom. The van der Waals surface area contributed by atoms with Gasteiger partial charge in [0.25, 0.3) is 0 Å². The minimum atomic E-state index is 0.0717. The monoisotopic (exact) mass is 291 g/mol. The number of phenolic OH excluding ortho intramolecular Hbond substituents is 2. The number of aromatic hydroxyl groups is 2. The van der Waals surface area contributed by atoms with E-state index < -0.39 is 0 Å². The molecule has 0 fully saturated rings. The largest absolute Gasteiger partial charge is 0.507 e. The molecule has 0 bridgehead atoms. The van der Waals surface area contributed by atoms with Gasteiger partial charge in [-0.15, -0.1) is 0 Å². The fourth-order valence-electron chi connectivity index (χ4n) is 1.73. The Morgan fingerprint density at radius 2 is 2.05 bits per heavy atom. The predicted molar refractivity (Wildman–Crippen MR) is 79.1 cm³/mol. The molecule has 20 heavy (non-hydrogen) atoms. The number of para-hydroxylation sites is 1. The highest BCUT2D eigenvalue weighted by Crippen LogP contribution is 2.29. The normalized spacial score (nSPS) is 10.9. The predicted octanol–water partition coefficient (Wildman–Crippen LogP) is 3.38. The molecule has 104 valence electrons. The Labute approximate surface area is 121 Å².